The second kappa shape index (κ2) is 4.62. The van der Waals surface area contributed by atoms with Crippen LogP contribution in [0.2, 0.25) is 0 Å². The predicted molar refractivity (Wildman–Crippen MR) is 61.0 cm³/mol. The zero-order chi connectivity index (χ0) is 11.6. The van der Waals surface area contributed by atoms with E-state index in [4.69, 9.17) is 27.5 Å². The standard InChI is InChI=1S/C8H5Cl2NO2S2/c9-3-5-2-8(15(10,12)13)6(4-11)1-7(5)14/h1-2,14H,3H2. The minimum absolute atomic E-state index is 0.0381. The molecule has 0 aliphatic rings. The van der Waals surface area contributed by atoms with Gasteiger partial charge in [-0.15, -0.1) is 24.2 Å². The van der Waals surface area contributed by atoms with Gasteiger partial charge in [0.15, 0.2) is 0 Å². The van der Waals surface area contributed by atoms with Crippen LogP contribution in [0.15, 0.2) is 21.9 Å². The van der Waals surface area contributed by atoms with E-state index in [1.165, 1.54) is 12.1 Å². The Kier molecular flexibility index (Phi) is 3.90. The number of rotatable bonds is 2. The summed E-state index contributed by atoms with van der Waals surface area (Å²) < 4.78 is 22.3. The third kappa shape index (κ3) is 2.79. The maximum Gasteiger partial charge on any atom is 0.262 e. The van der Waals surface area contributed by atoms with Crippen molar-refractivity contribution >= 4 is 44.0 Å². The van der Waals surface area contributed by atoms with Crippen molar-refractivity contribution in [3.05, 3.63) is 23.3 Å². The summed E-state index contributed by atoms with van der Waals surface area (Å²) in [6.45, 7) is 0. The van der Waals surface area contributed by atoms with E-state index in [1.807, 2.05) is 0 Å². The van der Waals surface area contributed by atoms with Gasteiger partial charge in [0, 0.05) is 21.5 Å². The van der Waals surface area contributed by atoms with Crippen LogP contribution in [-0.4, -0.2) is 8.42 Å². The van der Waals surface area contributed by atoms with Crippen molar-refractivity contribution in [2.24, 2.45) is 0 Å². The molecule has 0 bridgehead atoms. The summed E-state index contributed by atoms with van der Waals surface area (Å²) in [7, 11) is 1.24. The van der Waals surface area contributed by atoms with Crippen molar-refractivity contribution in [2.75, 3.05) is 0 Å². The number of alkyl halides is 1. The van der Waals surface area contributed by atoms with Crippen LogP contribution in [0.25, 0.3) is 0 Å². The molecule has 0 radical (unpaired) electrons. The number of nitriles is 1. The van der Waals surface area contributed by atoms with Crippen molar-refractivity contribution in [3.8, 4) is 6.07 Å². The Morgan fingerprint density at radius 3 is 2.47 bits per heavy atom. The monoisotopic (exact) mass is 281 g/mol. The number of hydrogen-bond donors (Lipinski definition) is 1. The van der Waals surface area contributed by atoms with Crippen molar-refractivity contribution in [3.63, 3.8) is 0 Å². The molecule has 0 amide bonds. The molecule has 0 aliphatic carbocycles. The lowest BCUT2D eigenvalue weighted by Crippen LogP contribution is -1.97. The molecule has 1 aromatic rings. The van der Waals surface area contributed by atoms with Gasteiger partial charge in [-0.25, -0.2) is 8.42 Å². The van der Waals surface area contributed by atoms with E-state index in [0.29, 0.717) is 10.5 Å². The molecule has 1 rings (SSSR count). The molecule has 0 saturated heterocycles. The van der Waals surface area contributed by atoms with Gasteiger partial charge in [-0.05, 0) is 17.7 Å². The van der Waals surface area contributed by atoms with E-state index in [2.05, 4.69) is 12.6 Å². The number of hydrogen-bond acceptors (Lipinski definition) is 4. The van der Waals surface area contributed by atoms with Crippen molar-refractivity contribution in [2.45, 2.75) is 15.7 Å². The van der Waals surface area contributed by atoms with Gasteiger partial charge >= 0.3 is 0 Å². The lowest BCUT2D eigenvalue weighted by Gasteiger charge is -2.05. The molecule has 1 aromatic carbocycles. The molecule has 0 spiro atoms. The van der Waals surface area contributed by atoms with Crippen LogP contribution in [0.5, 0.6) is 0 Å². The second-order valence-electron chi connectivity index (χ2n) is 2.66. The zero-order valence-corrected chi connectivity index (χ0v) is 10.5. The molecule has 0 heterocycles. The molecule has 3 nitrogen and oxygen atoms in total. The molecule has 7 heteroatoms. The Labute approximate surface area is 102 Å². The number of nitrogens with zero attached hydrogens (tertiary/aromatic N) is 1. The highest BCUT2D eigenvalue weighted by Crippen LogP contribution is 2.26. The minimum Gasteiger partial charge on any atom is -0.207 e. The molecule has 0 atom stereocenters. The van der Waals surface area contributed by atoms with Gasteiger partial charge in [0.2, 0.25) is 0 Å². The van der Waals surface area contributed by atoms with E-state index in [0.717, 1.165) is 0 Å². The van der Waals surface area contributed by atoms with Crippen molar-refractivity contribution < 1.29 is 8.42 Å². The van der Waals surface area contributed by atoms with Crippen molar-refractivity contribution in [1.82, 2.24) is 0 Å². The maximum absolute atomic E-state index is 11.1. The predicted octanol–water partition coefficient (Wildman–Crippen LogP) is 2.51. The quantitative estimate of drug-likeness (QED) is 0.515. The average Bonchev–Trinajstić information content (AvgIpc) is 2.15. The number of benzene rings is 1. The fourth-order valence-electron chi connectivity index (χ4n) is 1.01. The Bertz CT molecular complexity index is 534. The summed E-state index contributed by atoms with van der Waals surface area (Å²) in [5.74, 6) is 0.101. The number of halogens is 2. The largest absolute Gasteiger partial charge is 0.262 e. The summed E-state index contributed by atoms with van der Waals surface area (Å²) in [6, 6.07) is 4.33. The molecule has 0 unspecified atom stereocenters. The lowest BCUT2D eigenvalue weighted by atomic mass is 10.2. The highest BCUT2D eigenvalue weighted by atomic mass is 35.7. The summed E-state index contributed by atoms with van der Waals surface area (Å²) in [4.78, 5) is 0.228. The molecule has 0 aliphatic heterocycles. The van der Waals surface area contributed by atoms with Gasteiger partial charge in [-0.3, -0.25) is 0 Å². The molecule has 15 heavy (non-hydrogen) atoms. The average molecular weight is 282 g/mol. The fraction of sp³-hybridized carbons (Fsp3) is 0.125. The molecule has 80 valence electrons. The van der Waals surface area contributed by atoms with E-state index in [-0.39, 0.29) is 16.3 Å². The van der Waals surface area contributed by atoms with Crippen LogP contribution in [0.4, 0.5) is 0 Å². The van der Waals surface area contributed by atoms with Crippen LogP contribution >= 0.6 is 34.9 Å². The molecule has 0 fully saturated rings. The maximum atomic E-state index is 11.1. The Morgan fingerprint density at radius 2 is 2.07 bits per heavy atom. The molecular formula is C8H5Cl2NO2S2. The van der Waals surface area contributed by atoms with Crippen LogP contribution in [0.3, 0.4) is 0 Å². The summed E-state index contributed by atoms with van der Waals surface area (Å²) >= 11 is 9.65. The first-order chi connectivity index (χ1) is 6.90. The Hall–Kier alpha value is -0.410. The van der Waals surface area contributed by atoms with Crippen molar-refractivity contribution in [1.29, 1.82) is 5.26 Å². The fourth-order valence-corrected chi connectivity index (χ4v) is 2.63. The SMILES string of the molecule is N#Cc1cc(S)c(CCl)cc1S(=O)(=O)Cl. The third-order valence-corrected chi connectivity index (χ3v) is 3.77. The van der Waals surface area contributed by atoms with E-state index in [1.54, 1.807) is 6.07 Å². The second-order valence-corrected chi connectivity index (χ2v) is 5.94. The molecule has 0 aromatic heterocycles. The number of thiol groups is 1. The van der Waals surface area contributed by atoms with Gasteiger partial charge < -0.3 is 0 Å². The van der Waals surface area contributed by atoms with Crippen LogP contribution in [0.1, 0.15) is 11.1 Å². The molecular weight excluding hydrogens is 277 g/mol. The highest BCUT2D eigenvalue weighted by molar-refractivity contribution is 8.13. The first-order valence-electron chi connectivity index (χ1n) is 3.66. The Morgan fingerprint density at radius 1 is 1.47 bits per heavy atom. The highest BCUT2D eigenvalue weighted by Gasteiger charge is 2.17. The van der Waals surface area contributed by atoms with Gasteiger partial charge in [0.1, 0.15) is 11.0 Å². The normalized spacial score (nSPS) is 11.1. The first kappa shape index (κ1) is 12.7. The van der Waals surface area contributed by atoms with E-state index >= 15 is 0 Å². The molecule has 0 N–H and O–H groups in total. The van der Waals surface area contributed by atoms with Gasteiger partial charge in [-0.1, -0.05) is 0 Å². The summed E-state index contributed by atoms with van der Waals surface area (Å²) in [6.07, 6.45) is 0. The summed E-state index contributed by atoms with van der Waals surface area (Å²) in [5, 5.41) is 8.73. The molecule has 0 saturated carbocycles. The smallest absolute Gasteiger partial charge is 0.207 e. The lowest BCUT2D eigenvalue weighted by molar-refractivity contribution is 0.609. The topological polar surface area (TPSA) is 57.9 Å². The minimum atomic E-state index is -3.94. The zero-order valence-electron chi connectivity index (χ0n) is 7.24. The third-order valence-electron chi connectivity index (χ3n) is 1.71. The van der Waals surface area contributed by atoms with E-state index < -0.39 is 9.05 Å². The van der Waals surface area contributed by atoms with Gasteiger partial charge in [-0.2, -0.15) is 5.26 Å². The van der Waals surface area contributed by atoms with Crippen LogP contribution in [-0.2, 0) is 14.9 Å². The Balaban J connectivity index is 3.59. The van der Waals surface area contributed by atoms with Gasteiger partial charge in [0.05, 0.1) is 5.56 Å². The van der Waals surface area contributed by atoms with Crippen LogP contribution in [0, 0.1) is 11.3 Å². The van der Waals surface area contributed by atoms with Crippen LogP contribution < -0.4 is 0 Å². The first-order valence-corrected chi connectivity index (χ1v) is 6.96. The van der Waals surface area contributed by atoms with E-state index in [9.17, 15) is 8.42 Å². The van der Waals surface area contributed by atoms with Gasteiger partial charge in [0.25, 0.3) is 9.05 Å². The summed E-state index contributed by atoms with van der Waals surface area (Å²) in [5.41, 5.74) is 0.474.